The summed E-state index contributed by atoms with van der Waals surface area (Å²) < 4.78 is 15.6. The summed E-state index contributed by atoms with van der Waals surface area (Å²) in [6, 6.07) is 3.62. The normalized spacial score (nSPS) is 12.3. The first-order valence-electron chi connectivity index (χ1n) is 5.74. The average molecular weight is 255 g/mol. The van der Waals surface area contributed by atoms with Gasteiger partial charge in [0.2, 0.25) is 0 Å². The zero-order valence-electron chi connectivity index (χ0n) is 11.3. The van der Waals surface area contributed by atoms with Gasteiger partial charge in [-0.1, -0.05) is 0 Å². The largest absolute Gasteiger partial charge is 0.493 e. The van der Waals surface area contributed by atoms with Crippen molar-refractivity contribution in [2.24, 2.45) is 0 Å². The average Bonchev–Trinajstić information content (AvgIpc) is 2.38. The molecular weight excluding hydrogens is 234 g/mol. The van der Waals surface area contributed by atoms with Gasteiger partial charge < -0.3 is 24.6 Å². The predicted molar refractivity (Wildman–Crippen MR) is 69.1 cm³/mol. The molecule has 2 N–H and O–H groups in total. The molecule has 5 nitrogen and oxygen atoms in total. The molecule has 0 spiro atoms. The smallest absolute Gasteiger partial charge is 0.161 e. The van der Waals surface area contributed by atoms with Crippen molar-refractivity contribution >= 4 is 0 Å². The van der Waals surface area contributed by atoms with Crippen LogP contribution >= 0.6 is 0 Å². The maximum absolute atomic E-state index is 10.1. The van der Waals surface area contributed by atoms with Gasteiger partial charge in [-0.25, -0.2) is 0 Å². The van der Waals surface area contributed by atoms with Crippen LogP contribution in [0.15, 0.2) is 12.1 Å². The van der Waals surface area contributed by atoms with E-state index in [2.05, 4.69) is 5.32 Å². The maximum atomic E-state index is 10.1. The van der Waals surface area contributed by atoms with Crippen molar-refractivity contribution in [3.63, 3.8) is 0 Å². The molecule has 0 aliphatic rings. The highest BCUT2D eigenvalue weighted by molar-refractivity contribution is 5.48. The predicted octanol–water partition coefficient (Wildman–Crippen LogP) is 1.10. The van der Waals surface area contributed by atoms with Crippen LogP contribution < -0.4 is 14.8 Å². The van der Waals surface area contributed by atoms with E-state index in [4.69, 9.17) is 14.2 Å². The van der Waals surface area contributed by atoms with E-state index < -0.39 is 6.10 Å². The second kappa shape index (κ2) is 7.20. The Kier molecular flexibility index (Phi) is 5.91. The van der Waals surface area contributed by atoms with Gasteiger partial charge >= 0.3 is 0 Å². The molecule has 1 aromatic carbocycles. The summed E-state index contributed by atoms with van der Waals surface area (Å²) >= 11 is 0. The zero-order valence-corrected chi connectivity index (χ0v) is 11.3. The lowest BCUT2D eigenvalue weighted by Crippen LogP contribution is -2.18. The molecule has 102 valence electrons. The van der Waals surface area contributed by atoms with Crippen molar-refractivity contribution in [3.8, 4) is 11.5 Å². The molecule has 0 fully saturated rings. The van der Waals surface area contributed by atoms with Gasteiger partial charge in [-0.2, -0.15) is 0 Å². The number of rotatable bonds is 7. The summed E-state index contributed by atoms with van der Waals surface area (Å²) in [7, 11) is 6.56. The Labute approximate surface area is 108 Å². The monoisotopic (exact) mass is 255 g/mol. The van der Waals surface area contributed by atoms with Gasteiger partial charge in [0.15, 0.2) is 11.5 Å². The van der Waals surface area contributed by atoms with Gasteiger partial charge in [-0.3, -0.25) is 0 Å². The SMILES string of the molecule is CNCC(O)c1cc(OC)c(OC)cc1COC. The Morgan fingerprint density at radius 1 is 1.17 bits per heavy atom. The Hall–Kier alpha value is -1.30. The summed E-state index contributed by atoms with van der Waals surface area (Å²) in [5.41, 5.74) is 1.67. The third-order valence-corrected chi connectivity index (χ3v) is 2.70. The zero-order chi connectivity index (χ0) is 13.5. The Balaban J connectivity index is 3.19. The summed E-state index contributed by atoms with van der Waals surface area (Å²) in [5.74, 6) is 1.23. The van der Waals surface area contributed by atoms with Crippen LogP contribution in [0.4, 0.5) is 0 Å². The number of methoxy groups -OCH3 is 3. The lowest BCUT2D eigenvalue weighted by molar-refractivity contribution is 0.160. The molecule has 1 aromatic rings. The van der Waals surface area contributed by atoms with E-state index in [-0.39, 0.29) is 0 Å². The third-order valence-electron chi connectivity index (χ3n) is 2.70. The lowest BCUT2D eigenvalue weighted by Gasteiger charge is -2.18. The van der Waals surface area contributed by atoms with Gasteiger partial charge in [0.1, 0.15) is 0 Å². The van der Waals surface area contributed by atoms with E-state index in [9.17, 15) is 5.11 Å². The first-order valence-corrected chi connectivity index (χ1v) is 5.74. The molecule has 0 amide bonds. The fourth-order valence-electron chi connectivity index (χ4n) is 1.83. The van der Waals surface area contributed by atoms with Crippen molar-refractivity contribution in [2.45, 2.75) is 12.7 Å². The van der Waals surface area contributed by atoms with E-state index in [1.165, 1.54) is 0 Å². The first kappa shape index (κ1) is 14.8. The van der Waals surface area contributed by atoms with Crippen LogP contribution in [0.25, 0.3) is 0 Å². The maximum Gasteiger partial charge on any atom is 0.161 e. The number of benzene rings is 1. The lowest BCUT2D eigenvalue weighted by atomic mass is 10.0. The Morgan fingerprint density at radius 2 is 1.78 bits per heavy atom. The van der Waals surface area contributed by atoms with E-state index in [1.54, 1.807) is 34.4 Å². The number of likely N-dealkylation sites (N-methyl/N-ethyl adjacent to an activating group) is 1. The van der Waals surface area contributed by atoms with Gasteiger partial charge in [-0.15, -0.1) is 0 Å². The van der Waals surface area contributed by atoms with Crippen LogP contribution in [0.5, 0.6) is 11.5 Å². The third kappa shape index (κ3) is 3.35. The molecule has 18 heavy (non-hydrogen) atoms. The fourth-order valence-corrected chi connectivity index (χ4v) is 1.83. The molecule has 1 rings (SSSR count). The van der Waals surface area contributed by atoms with Crippen molar-refractivity contribution in [2.75, 3.05) is 34.9 Å². The molecular formula is C13H21NO4. The second-order valence-electron chi connectivity index (χ2n) is 3.91. The van der Waals surface area contributed by atoms with Gasteiger partial charge in [0.05, 0.1) is 26.9 Å². The summed E-state index contributed by atoms with van der Waals surface area (Å²) in [4.78, 5) is 0. The van der Waals surface area contributed by atoms with Crippen LogP contribution in [0.1, 0.15) is 17.2 Å². The summed E-state index contributed by atoms with van der Waals surface area (Å²) in [5, 5.41) is 13.0. The number of hydrogen-bond acceptors (Lipinski definition) is 5. The molecule has 0 aliphatic carbocycles. The van der Waals surface area contributed by atoms with Crippen LogP contribution in [0.2, 0.25) is 0 Å². The van der Waals surface area contributed by atoms with Crippen molar-refractivity contribution in [1.29, 1.82) is 0 Å². The molecule has 0 heterocycles. The number of nitrogens with one attached hydrogen (secondary N) is 1. The second-order valence-corrected chi connectivity index (χ2v) is 3.91. The van der Waals surface area contributed by atoms with Crippen LogP contribution in [-0.2, 0) is 11.3 Å². The van der Waals surface area contributed by atoms with E-state index in [0.717, 1.165) is 11.1 Å². The Morgan fingerprint density at radius 3 is 2.28 bits per heavy atom. The van der Waals surface area contributed by atoms with Crippen LogP contribution in [0, 0.1) is 0 Å². The molecule has 0 aliphatic heterocycles. The molecule has 0 saturated heterocycles. The van der Waals surface area contributed by atoms with Crippen molar-refractivity contribution < 1.29 is 19.3 Å². The molecule has 0 bridgehead atoms. The van der Waals surface area contributed by atoms with Gasteiger partial charge in [0.25, 0.3) is 0 Å². The minimum Gasteiger partial charge on any atom is -0.493 e. The number of aliphatic hydroxyl groups excluding tert-OH is 1. The Bertz CT molecular complexity index is 381. The number of aliphatic hydroxyl groups is 1. The van der Waals surface area contributed by atoms with Gasteiger partial charge in [-0.05, 0) is 30.3 Å². The fraction of sp³-hybridized carbons (Fsp3) is 0.538. The highest BCUT2D eigenvalue weighted by Crippen LogP contribution is 2.33. The minimum absolute atomic E-state index is 0.413. The molecule has 1 unspecified atom stereocenters. The highest BCUT2D eigenvalue weighted by Gasteiger charge is 2.16. The molecule has 1 atom stereocenters. The summed E-state index contributed by atoms with van der Waals surface area (Å²) in [6.07, 6.45) is -0.611. The standard InChI is InChI=1S/C13H21NO4/c1-14-7-11(15)10-6-13(18-4)12(17-3)5-9(10)8-16-2/h5-6,11,14-15H,7-8H2,1-4H3. The van der Waals surface area contributed by atoms with Crippen LogP contribution in [-0.4, -0.2) is 40.0 Å². The van der Waals surface area contributed by atoms with Crippen molar-refractivity contribution in [1.82, 2.24) is 5.32 Å². The molecule has 0 radical (unpaired) electrons. The van der Waals surface area contributed by atoms with Crippen LogP contribution in [0.3, 0.4) is 0 Å². The first-order chi connectivity index (χ1) is 8.67. The van der Waals surface area contributed by atoms with Gasteiger partial charge in [0, 0.05) is 13.7 Å². The van der Waals surface area contributed by atoms with E-state index >= 15 is 0 Å². The summed E-state index contributed by atoms with van der Waals surface area (Å²) in [6.45, 7) is 0.878. The molecule has 5 heteroatoms. The number of ether oxygens (including phenoxy) is 3. The molecule has 0 aromatic heterocycles. The molecule has 0 saturated carbocycles. The van der Waals surface area contributed by atoms with E-state index in [1.807, 2.05) is 6.07 Å². The minimum atomic E-state index is -0.611. The topological polar surface area (TPSA) is 60.0 Å². The quantitative estimate of drug-likeness (QED) is 0.764. The number of hydrogen-bond donors (Lipinski definition) is 2. The van der Waals surface area contributed by atoms with Crippen molar-refractivity contribution in [3.05, 3.63) is 23.3 Å². The van der Waals surface area contributed by atoms with E-state index in [0.29, 0.717) is 24.7 Å². The highest BCUT2D eigenvalue weighted by atomic mass is 16.5.